The number of fused-ring (bicyclic) bond motifs is 1. The van der Waals surface area contributed by atoms with Gasteiger partial charge in [0.25, 0.3) is 0 Å². The molecule has 0 bridgehead atoms. The van der Waals surface area contributed by atoms with Crippen LogP contribution in [0.2, 0.25) is 0 Å². The lowest BCUT2D eigenvalue weighted by Crippen LogP contribution is -2.29. The molecular formula is C21H23N7O2S. The summed E-state index contributed by atoms with van der Waals surface area (Å²) in [7, 11) is -3.24. The van der Waals surface area contributed by atoms with Crippen molar-refractivity contribution in [2.75, 3.05) is 24.7 Å². The van der Waals surface area contributed by atoms with Crippen LogP contribution in [-0.2, 0) is 9.84 Å². The van der Waals surface area contributed by atoms with Crippen LogP contribution in [-0.4, -0.2) is 52.6 Å². The van der Waals surface area contributed by atoms with Crippen LogP contribution in [0.1, 0.15) is 24.5 Å². The van der Waals surface area contributed by atoms with Crippen molar-refractivity contribution in [2.45, 2.75) is 23.7 Å². The fourth-order valence-electron chi connectivity index (χ4n) is 3.92. The molecule has 1 atom stereocenters. The van der Waals surface area contributed by atoms with E-state index in [1.54, 1.807) is 41.2 Å². The van der Waals surface area contributed by atoms with E-state index in [1.165, 1.54) is 6.26 Å². The molecule has 31 heavy (non-hydrogen) atoms. The fraction of sp³-hybridized carbons (Fsp3) is 0.286. The molecule has 4 heterocycles. The standard InChI is InChI=1S/C21H23N7O2S/c1-31(29,30)17-6-4-16(5-7-17)26-20-9-19(14-3-2-8-22-10-14)27-21-18(13-25-28(20)21)15-11-23-24-12-15/h4-7,9,11-14,22,26H,2-3,8,10H2,1H3,(H,23,24). The average molecular weight is 438 g/mol. The molecule has 0 amide bonds. The lowest BCUT2D eigenvalue weighted by atomic mass is 9.96. The van der Waals surface area contributed by atoms with Gasteiger partial charge in [0.1, 0.15) is 5.82 Å². The van der Waals surface area contributed by atoms with Crippen molar-refractivity contribution in [1.82, 2.24) is 30.1 Å². The van der Waals surface area contributed by atoms with Gasteiger partial charge in [0.05, 0.1) is 23.0 Å². The molecule has 10 heteroatoms. The predicted molar refractivity (Wildman–Crippen MR) is 118 cm³/mol. The summed E-state index contributed by atoms with van der Waals surface area (Å²) in [5.74, 6) is 1.09. The summed E-state index contributed by atoms with van der Waals surface area (Å²) in [6.45, 7) is 1.92. The topological polar surface area (TPSA) is 117 Å². The monoisotopic (exact) mass is 437 g/mol. The minimum Gasteiger partial charge on any atom is -0.340 e. The van der Waals surface area contributed by atoms with Crippen LogP contribution < -0.4 is 10.6 Å². The van der Waals surface area contributed by atoms with Gasteiger partial charge < -0.3 is 10.6 Å². The summed E-state index contributed by atoms with van der Waals surface area (Å²) >= 11 is 0. The maximum absolute atomic E-state index is 11.8. The highest BCUT2D eigenvalue weighted by atomic mass is 32.2. The minimum atomic E-state index is -3.24. The Bertz CT molecular complexity index is 1310. The molecule has 1 unspecified atom stereocenters. The summed E-state index contributed by atoms with van der Waals surface area (Å²) in [6.07, 6.45) is 8.76. The Kier molecular flexibility index (Phi) is 4.95. The van der Waals surface area contributed by atoms with E-state index in [0.29, 0.717) is 5.92 Å². The molecule has 1 aromatic carbocycles. The molecule has 1 saturated heterocycles. The highest BCUT2D eigenvalue weighted by Gasteiger charge is 2.21. The number of sulfone groups is 1. The molecule has 0 aliphatic carbocycles. The van der Waals surface area contributed by atoms with Crippen LogP contribution >= 0.6 is 0 Å². The first kappa shape index (κ1) is 19.7. The lowest BCUT2D eigenvalue weighted by Gasteiger charge is -2.23. The van der Waals surface area contributed by atoms with Gasteiger partial charge in [0.15, 0.2) is 15.5 Å². The Morgan fingerprint density at radius 3 is 2.71 bits per heavy atom. The van der Waals surface area contributed by atoms with Crippen molar-refractivity contribution in [3.05, 3.63) is 54.6 Å². The van der Waals surface area contributed by atoms with Crippen molar-refractivity contribution in [3.63, 3.8) is 0 Å². The maximum Gasteiger partial charge on any atom is 0.175 e. The van der Waals surface area contributed by atoms with Crippen LogP contribution in [0.15, 0.2) is 53.8 Å². The van der Waals surface area contributed by atoms with Crippen molar-refractivity contribution in [1.29, 1.82) is 0 Å². The summed E-state index contributed by atoms with van der Waals surface area (Å²) in [5.41, 5.74) is 4.34. The van der Waals surface area contributed by atoms with E-state index in [2.05, 4.69) is 25.9 Å². The number of hydrogen-bond acceptors (Lipinski definition) is 7. The Morgan fingerprint density at radius 2 is 2.03 bits per heavy atom. The third-order valence-electron chi connectivity index (χ3n) is 5.57. The summed E-state index contributed by atoms with van der Waals surface area (Å²) < 4.78 is 25.3. The predicted octanol–water partition coefficient (Wildman–Crippen LogP) is 2.73. The maximum atomic E-state index is 11.8. The number of piperidine rings is 1. The van der Waals surface area contributed by atoms with Gasteiger partial charge in [-0.1, -0.05) is 0 Å². The summed E-state index contributed by atoms with van der Waals surface area (Å²) in [5, 5.41) is 18.3. The van der Waals surface area contributed by atoms with E-state index in [4.69, 9.17) is 4.98 Å². The third kappa shape index (κ3) is 3.91. The molecule has 3 aromatic heterocycles. The number of nitrogens with one attached hydrogen (secondary N) is 3. The number of hydrogen-bond donors (Lipinski definition) is 3. The number of rotatable bonds is 5. The largest absolute Gasteiger partial charge is 0.340 e. The number of aromatic amines is 1. The molecule has 1 aliphatic heterocycles. The zero-order chi connectivity index (χ0) is 21.4. The van der Waals surface area contributed by atoms with Gasteiger partial charge in [-0.25, -0.2) is 13.4 Å². The highest BCUT2D eigenvalue weighted by Crippen LogP contribution is 2.30. The SMILES string of the molecule is CS(=O)(=O)c1ccc(Nc2cc(C3CCCNC3)nc3c(-c4cn[nH]c4)cnn23)cc1. The lowest BCUT2D eigenvalue weighted by molar-refractivity contribution is 0.455. The molecule has 5 rings (SSSR count). The number of nitrogens with zero attached hydrogens (tertiary/aromatic N) is 4. The Morgan fingerprint density at radius 1 is 1.19 bits per heavy atom. The first-order valence-corrected chi connectivity index (χ1v) is 12.0. The average Bonchev–Trinajstić information content (AvgIpc) is 3.44. The molecule has 0 spiro atoms. The first-order chi connectivity index (χ1) is 15.0. The molecule has 9 nitrogen and oxygen atoms in total. The molecule has 4 aromatic rings. The van der Waals surface area contributed by atoms with Crippen LogP contribution in [0.5, 0.6) is 0 Å². The zero-order valence-corrected chi connectivity index (χ0v) is 17.9. The van der Waals surface area contributed by atoms with Gasteiger partial charge in [-0.2, -0.15) is 14.7 Å². The fourth-order valence-corrected chi connectivity index (χ4v) is 4.55. The van der Waals surface area contributed by atoms with Gasteiger partial charge >= 0.3 is 0 Å². The van der Waals surface area contributed by atoms with E-state index in [-0.39, 0.29) is 4.90 Å². The van der Waals surface area contributed by atoms with Gasteiger partial charge in [-0.15, -0.1) is 0 Å². The second kappa shape index (κ2) is 7.78. The van der Waals surface area contributed by atoms with Crippen molar-refractivity contribution in [2.24, 2.45) is 0 Å². The van der Waals surface area contributed by atoms with Crippen molar-refractivity contribution < 1.29 is 8.42 Å². The quantitative estimate of drug-likeness (QED) is 0.439. The molecule has 160 valence electrons. The summed E-state index contributed by atoms with van der Waals surface area (Å²) in [4.78, 5) is 5.25. The summed E-state index contributed by atoms with van der Waals surface area (Å²) in [6, 6.07) is 8.74. The first-order valence-electron chi connectivity index (χ1n) is 10.1. The van der Waals surface area contributed by atoms with Crippen LogP contribution in [0, 0.1) is 0 Å². The van der Waals surface area contributed by atoms with Crippen LogP contribution in [0.25, 0.3) is 16.8 Å². The minimum absolute atomic E-state index is 0.285. The Labute approximate surface area is 179 Å². The van der Waals surface area contributed by atoms with E-state index >= 15 is 0 Å². The van der Waals surface area contributed by atoms with Gasteiger partial charge in [-0.3, -0.25) is 5.10 Å². The zero-order valence-electron chi connectivity index (χ0n) is 17.0. The van der Waals surface area contributed by atoms with Gasteiger partial charge in [0, 0.05) is 47.8 Å². The second-order valence-corrected chi connectivity index (χ2v) is 9.83. The molecular weight excluding hydrogens is 414 g/mol. The van der Waals surface area contributed by atoms with Gasteiger partial charge in [0.2, 0.25) is 0 Å². The van der Waals surface area contributed by atoms with E-state index in [1.807, 2.05) is 12.3 Å². The van der Waals surface area contributed by atoms with Crippen molar-refractivity contribution >= 4 is 27.0 Å². The van der Waals surface area contributed by atoms with Crippen LogP contribution in [0.4, 0.5) is 11.5 Å². The third-order valence-corrected chi connectivity index (χ3v) is 6.70. The van der Waals surface area contributed by atoms with Crippen molar-refractivity contribution in [3.8, 4) is 11.1 Å². The number of aromatic nitrogens is 5. The molecule has 1 fully saturated rings. The van der Waals surface area contributed by atoms with E-state index in [0.717, 1.165) is 59.9 Å². The Balaban J connectivity index is 1.59. The van der Waals surface area contributed by atoms with E-state index in [9.17, 15) is 8.42 Å². The molecule has 0 radical (unpaired) electrons. The smallest absolute Gasteiger partial charge is 0.175 e. The van der Waals surface area contributed by atoms with E-state index < -0.39 is 9.84 Å². The molecule has 0 saturated carbocycles. The normalized spacial score (nSPS) is 17.1. The number of H-pyrrole nitrogens is 1. The molecule has 1 aliphatic rings. The number of benzene rings is 1. The highest BCUT2D eigenvalue weighted by molar-refractivity contribution is 7.90. The molecule has 3 N–H and O–H groups in total. The second-order valence-electron chi connectivity index (χ2n) is 7.81. The number of anilines is 2. The van der Waals surface area contributed by atoms with Crippen LogP contribution in [0.3, 0.4) is 0 Å². The Hall–Kier alpha value is -3.24. The van der Waals surface area contributed by atoms with Gasteiger partial charge in [-0.05, 0) is 43.7 Å².